The molecule has 0 bridgehead atoms. The lowest BCUT2D eigenvalue weighted by molar-refractivity contribution is 0.365. The molecule has 1 aliphatic carbocycles. The lowest BCUT2D eigenvalue weighted by Crippen LogP contribution is -2.27. The van der Waals surface area contributed by atoms with E-state index in [1.165, 1.54) is 30.6 Å². The highest BCUT2D eigenvalue weighted by Gasteiger charge is 2.26. The zero-order valence-corrected chi connectivity index (χ0v) is 12.9. The first kappa shape index (κ1) is 13.8. The number of aryl methyl sites for hydroxylation is 1. The van der Waals surface area contributed by atoms with Crippen molar-refractivity contribution < 1.29 is 0 Å². The van der Waals surface area contributed by atoms with E-state index < -0.39 is 0 Å². The average Bonchev–Trinajstić information content (AvgIpc) is 3.22. The Kier molecular flexibility index (Phi) is 4.53. The van der Waals surface area contributed by atoms with Gasteiger partial charge in [0.25, 0.3) is 0 Å². The maximum absolute atomic E-state index is 4.47. The van der Waals surface area contributed by atoms with Crippen molar-refractivity contribution in [3.05, 3.63) is 40.6 Å². The topological polar surface area (TPSA) is 29.9 Å². The Morgan fingerprint density at radius 2 is 2.30 bits per heavy atom. The van der Waals surface area contributed by atoms with Gasteiger partial charge in [-0.1, -0.05) is 18.9 Å². The van der Waals surface area contributed by atoms with Crippen LogP contribution in [0.4, 0.5) is 0 Å². The van der Waals surface area contributed by atoms with Crippen LogP contribution in [0.25, 0.3) is 0 Å². The quantitative estimate of drug-likeness (QED) is 0.871. The predicted molar refractivity (Wildman–Crippen MR) is 83.8 cm³/mol. The summed E-state index contributed by atoms with van der Waals surface area (Å²) >= 11 is 1.88. The van der Waals surface area contributed by atoms with Crippen molar-refractivity contribution in [1.82, 2.24) is 14.9 Å². The second-order valence-corrected chi connectivity index (χ2v) is 6.53. The summed E-state index contributed by atoms with van der Waals surface area (Å²) in [5.74, 6) is 1.94. The number of imidazole rings is 1. The molecule has 2 aromatic rings. The van der Waals surface area contributed by atoms with Crippen LogP contribution < -0.4 is 5.32 Å². The number of rotatable bonds is 6. The molecule has 1 aliphatic rings. The third-order valence-electron chi connectivity index (χ3n) is 4.34. The molecule has 2 heterocycles. The first-order valence-corrected chi connectivity index (χ1v) is 8.53. The Bertz CT molecular complexity index is 512. The third kappa shape index (κ3) is 2.96. The Morgan fingerprint density at radius 3 is 3.00 bits per heavy atom. The van der Waals surface area contributed by atoms with Gasteiger partial charge in [0.15, 0.2) is 0 Å². The number of nitrogens with one attached hydrogen (secondary N) is 1. The van der Waals surface area contributed by atoms with Gasteiger partial charge in [-0.2, -0.15) is 0 Å². The molecular formula is C16H23N3S. The summed E-state index contributed by atoms with van der Waals surface area (Å²) < 4.78 is 2.22. The molecule has 108 valence electrons. The minimum atomic E-state index is 0.500. The summed E-state index contributed by atoms with van der Waals surface area (Å²) in [6.45, 7) is 4.02. The lowest BCUT2D eigenvalue weighted by atomic mass is 9.96. The molecular weight excluding hydrogens is 266 g/mol. The van der Waals surface area contributed by atoms with Crippen LogP contribution in [-0.4, -0.2) is 9.55 Å². The first-order chi connectivity index (χ1) is 9.88. The van der Waals surface area contributed by atoms with Gasteiger partial charge >= 0.3 is 0 Å². The van der Waals surface area contributed by atoms with Crippen molar-refractivity contribution in [2.45, 2.75) is 51.7 Å². The number of hydrogen-bond acceptors (Lipinski definition) is 3. The second kappa shape index (κ2) is 6.55. The summed E-state index contributed by atoms with van der Waals surface area (Å²) in [6, 6.07) is 4.93. The molecule has 0 aliphatic heterocycles. The summed E-state index contributed by atoms with van der Waals surface area (Å²) in [4.78, 5) is 5.95. The molecule has 1 unspecified atom stereocenters. The van der Waals surface area contributed by atoms with Gasteiger partial charge in [0.2, 0.25) is 0 Å². The van der Waals surface area contributed by atoms with E-state index in [0.717, 1.165) is 24.8 Å². The van der Waals surface area contributed by atoms with Crippen molar-refractivity contribution in [3.63, 3.8) is 0 Å². The Labute approximate surface area is 125 Å². The van der Waals surface area contributed by atoms with E-state index in [-0.39, 0.29) is 0 Å². The van der Waals surface area contributed by atoms with E-state index in [2.05, 4.69) is 45.5 Å². The predicted octanol–water partition coefficient (Wildman–Crippen LogP) is 3.99. The van der Waals surface area contributed by atoms with Gasteiger partial charge in [0.1, 0.15) is 5.82 Å². The van der Waals surface area contributed by atoms with Crippen molar-refractivity contribution in [3.8, 4) is 0 Å². The van der Waals surface area contributed by atoms with Gasteiger partial charge in [0, 0.05) is 29.9 Å². The van der Waals surface area contributed by atoms with Crippen molar-refractivity contribution in [1.29, 1.82) is 0 Å². The van der Waals surface area contributed by atoms with Crippen LogP contribution in [0.3, 0.4) is 0 Å². The van der Waals surface area contributed by atoms with Crippen LogP contribution in [0.2, 0.25) is 0 Å². The molecule has 0 spiro atoms. The van der Waals surface area contributed by atoms with Crippen LogP contribution in [0.15, 0.2) is 29.9 Å². The van der Waals surface area contributed by atoms with Crippen LogP contribution in [0.5, 0.6) is 0 Å². The van der Waals surface area contributed by atoms with E-state index in [1.807, 2.05) is 17.5 Å². The molecule has 1 N–H and O–H groups in total. The number of thiophene rings is 1. The third-order valence-corrected chi connectivity index (χ3v) is 5.30. The summed E-state index contributed by atoms with van der Waals surface area (Å²) in [7, 11) is 0. The number of nitrogens with zero attached hydrogens (tertiary/aromatic N) is 2. The SMILES string of the molecule is CCn1ccnc1CNC(c1cccs1)C1CCCC1. The summed E-state index contributed by atoms with van der Waals surface area (Å²) in [5, 5.41) is 5.95. The van der Waals surface area contributed by atoms with Crippen LogP contribution in [0, 0.1) is 5.92 Å². The molecule has 20 heavy (non-hydrogen) atoms. The van der Waals surface area contributed by atoms with E-state index >= 15 is 0 Å². The fourth-order valence-corrected chi connectivity index (χ4v) is 4.15. The second-order valence-electron chi connectivity index (χ2n) is 5.55. The average molecular weight is 289 g/mol. The zero-order chi connectivity index (χ0) is 13.8. The first-order valence-electron chi connectivity index (χ1n) is 7.65. The Hall–Kier alpha value is -1.13. The highest BCUT2D eigenvalue weighted by Crippen LogP contribution is 2.37. The van der Waals surface area contributed by atoms with Crippen LogP contribution in [-0.2, 0) is 13.1 Å². The van der Waals surface area contributed by atoms with E-state index in [9.17, 15) is 0 Å². The fourth-order valence-electron chi connectivity index (χ4n) is 3.25. The number of aromatic nitrogens is 2. The molecule has 0 amide bonds. The fraction of sp³-hybridized carbons (Fsp3) is 0.562. The minimum absolute atomic E-state index is 0.500. The van der Waals surface area contributed by atoms with Gasteiger partial charge < -0.3 is 9.88 Å². The van der Waals surface area contributed by atoms with Gasteiger partial charge in [-0.05, 0) is 37.1 Å². The van der Waals surface area contributed by atoms with Gasteiger partial charge in [-0.25, -0.2) is 4.98 Å². The van der Waals surface area contributed by atoms with E-state index in [4.69, 9.17) is 0 Å². The van der Waals surface area contributed by atoms with Gasteiger partial charge in [0.05, 0.1) is 6.54 Å². The van der Waals surface area contributed by atoms with Crippen molar-refractivity contribution >= 4 is 11.3 Å². The largest absolute Gasteiger partial charge is 0.334 e. The molecule has 0 aromatic carbocycles. The van der Waals surface area contributed by atoms with Crippen molar-refractivity contribution in [2.24, 2.45) is 5.92 Å². The molecule has 2 aromatic heterocycles. The summed E-state index contributed by atoms with van der Waals surface area (Å²) in [5.41, 5.74) is 0. The van der Waals surface area contributed by atoms with Crippen molar-refractivity contribution in [2.75, 3.05) is 0 Å². The standard InChI is InChI=1S/C16H23N3S/c1-2-19-10-9-17-15(19)12-18-16(13-6-3-4-7-13)14-8-5-11-20-14/h5,8-11,13,16,18H,2-4,6-7,12H2,1H3. The minimum Gasteiger partial charge on any atom is -0.334 e. The lowest BCUT2D eigenvalue weighted by Gasteiger charge is -2.24. The summed E-state index contributed by atoms with van der Waals surface area (Å²) in [6.07, 6.45) is 9.45. The molecule has 1 fully saturated rings. The number of hydrogen-bond donors (Lipinski definition) is 1. The maximum atomic E-state index is 4.47. The van der Waals surface area contributed by atoms with Crippen LogP contribution in [0.1, 0.15) is 49.4 Å². The van der Waals surface area contributed by atoms with E-state index in [0.29, 0.717) is 6.04 Å². The monoisotopic (exact) mass is 289 g/mol. The smallest absolute Gasteiger partial charge is 0.122 e. The van der Waals surface area contributed by atoms with Gasteiger partial charge in [-0.15, -0.1) is 11.3 Å². The van der Waals surface area contributed by atoms with Gasteiger partial charge in [-0.3, -0.25) is 0 Å². The highest BCUT2D eigenvalue weighted by molar-refractivity contribution is 7.10. The zero-order valence-electron chi connectivity index (χ0n) is 12.1. The normalized spacial score (nSPS) is 17.6. The highest BCUT2D eigenvalue weighted by atomic mass is 32.1. The molecule has 4 heteroatoms. The maximum Gasteiger partial charge on any atom is 0.122 e. The van der Waals surface area contributed by atoms with E-state index in [1.54, 1.807) is 0 Å². The Balaban J connectivity index is 1.70. The molecule has 3 rings (SSSR count). The van der Waals surface area contributed by atoms with Crippen LogP contribution >= 0.6 is 11.3 Å². The molecule has 0 saturated heterocycles. The molecule has 1 atom stereocenters. The Morgan fingerprint density at radius 1 is 1.45 bits per heavy atom. The molecule has 1 saturated carbocycles. The molecule has 0 radical (unpaired) electrons. The molecule has 3 nitrogen and oxygen atoms in total.